The van der Waals surface area contributed by atoms with Gasteiger partial charge in [-0.15, -0.1) is 0 Å². The molecule has 1 heterocycles. The zero-order valence-corrected chi connectivity index (χ0v) is 15.8. The molecule has 5 nitrogen and oxygen atoms in total. The van der Waals surface area contributed by atoms with E-state index in [1.54, 1.807) is 43.8 Å². The molecule has 0 aliphatic rings. The number of aromatic nitrogens is 2. The Bertz CT molecular complexity index is 933. The number of methoxy groups -OCH3 is 1. The number of nitrogens with zero attached hydrogens (tertiary/aromatic N) is 2. The first-order chi connectivity index (χ1) is 12.5. The van der Waals surface area contributed by atoms with Gasteiger partial charge in [0.2, 0.25) is 0 Å². The molecule has 3 aromatic rings. The Morgan fingerprint density at radius 1 is 1.19 bits per heavy atom. The first-order valence-corrected chi connectivity index (χ1v) is 8.64. The van der Waals surface area contributed by atoms with E-state index in [0.717, 1.165) is 16.9 Å². The number of halogens is 2. The molecule has 1 N–H and O–H groups in total. The molecular weight excluding hydrogens is 373 g/mol. The van der Waals surface area contributed by atoms with Crippen LogP contribution in [0.4, 0.5) is 0 Å². The van der Waals surface area contributed by atoms with Crippen molar-refractivity contribution < 1.29 is 9.53 Å². The average Bonchev–Trinajstić information content (AvgIpc) is 3.04. The van der Waals surface area contributed by atoms with Gasteiger partial charge >= 0.3 is 0 Å². The van der Waals surface area contributed by atoms with Crippen molar-refractivity contribution in [2.24, 2.45) is 0 Å². The van der Waals surface area contributed by atoms with Crippen LogP contribution in [0.2, 0.25) is 10.0 Å². The van der Waals surface area contributed by atoms with E-state index < -0.39 is 0 Å². The van der Waals surface area contributed by atoms with Crippen molar-refractivity contribution in [3.8, 4) is 11.4 Å². The molecule has 1 aromatic heterocycles. The maximum absolute atomic E-state index is 12.5. The van der Waals surface area contributed by atoms with Crippen LogP contribution in [0.25, 0.3) is 5.69 Å². The lowest BCUT2D eigenvalue weighted by molar-refractivity contribution is 0.0950. The molecule has 0 aliphatic carbocycles. The van der Waals surface area contributed by atoms with E-state index in [2.05, 4.69) is 10.3 Å². The van der Waals surface area contributed by atoms with Crippen molar-refractivity contribution in [3.63, 3.8) is 0 Å². The van der Waals surface area contributed by atoms with E-state index in [1.807, 2.05) is 23.8 Å². The predicted octanol–water partition coefficient (Wildman–Crippen LogP) is 4.43. The molecule has 0 fully saturated rings. The zero-order chi connectivity index (χ0) is 18.7. The normalized spacial score (nSPS) is 10.6. The molecule has 0 unspecified atom stereocenters. The highest BCUT2D eigenvalue weighted by Gasteiger charge is 2.12. The summed E-state index contributed by atoms with van der Waals surface area (Å²) >= 11 is 12.0. The minimum Gasteiger partial charge on any atom is -0.495 e. The van der Waals surface area contributed by atoms with Gasteiger partial charge in [-0.3, -0.25) is 4.79 Å². The highest BCUT2D eigenvalue weighted by Crippen LogP contribution is 2.25. The quantitative estimate of drug-likeness (QED) is 0.702. The first kappa shape index (κ1) is 18.3. The Balaban J connectivity index is 1.77. The van der Waals surface area contributed by atoms with Crippen LogP contribution in [0.1, 0.15) is 21.6 Å². The second-order valence-electron chi connectivity index (χ2n) is 5.77. The molecule has 0 spiro atoms. The summed E-state index contributed by atoms with van der Waals surface area (Å²) in [5, 5.41) is 3.92. The molecule has 1 amide bonds. The molecule has 0 atom stereocenters. The highest BCUT2D eigenvalue weighted by atomic mass is 35.5. The molecule has 134 valence electrons. The van der Waals surface area contributed by atoms with Gasteiger partial charge in [-0.1, -0.05) is 23.2 Å². The summed E-state index contributed by atoms with van der Waals surface area (Å²) in [5.74, 6) is 0.369. The summed E-state index contributed by atoms with van der Waals surface area (Å²) in [6, 6.07) is 10.4. The van der Waals surface area contributed by atoms with Gasteiger partial charge in [0.25, 0.3) is 5.91 Å². The summed E-state index contributed by atoms with van der Waals surface area (Å²) in [7, 11) is 1.57. The van der Waals surface area contributed by atoms with Crippen LogP contribution in [0.5, 0.6) is 5.75 Å². The van der Waals surface area contributed by atoms with Crippen molar-refractivity contribution in [2.45, 2.75) is 13.5 Å². The minimum atomic E-state index is -0.215. The number of aryl methyl sites for hydroxylation is 1. The molecule has 2 aromatic carbocycles. The third kappa shape index (κ3) is 4.18. The summed E-state index contributed by atoms with van der Waals surface area (Å²) < 4.78 is 7.28. The van der Waals surface area contributed by atoms with E-state index in [-0.39, 0.29) is 5.91 Å². The Kier molecular flexibility index (Phi) is 5.49. The second kappa shape index (κ2) is 7.81. The van der Waals surface area contributed by atoms with E-state index >= 15 is 0 Å². The van der Waals surface area contributed by atoms with Gasteiger partial charge in [0, 0.05) is 28.4 Å². The number of rotatable bonds is 5. The zero-order valence-electron chi connectivity index (χ0n) is 14.3. The van der Waals surface area contributed by atoms with Gasteiger partial charge in [0.15, 0.2) is 0 Å². The fraction of sp³-hybridized carbons (Fsp3) is 0.158. The Hall–Kier alpha value is -2.50. The number of hydrogen-bond donors (Lipinski definition) is 1. The minimum absolute atomic E-state index is 0.215. The molecule has 0 bridgehead atoms. The van der Waals surface area contributed by atoms with Crippen molar-refractivity contribution in [2.75, 3.05) is 7.11 Å². The van der Waals surface area contributed by atoms with E-state index in [1.165, 1.54) is 0 Å². The molecule has 3 rings (SSSR count). The van der Waals surface area contributed by atoms with Gasteiger partial charge in [0.05, 0.1) is 24.8 Å². The molecule has 0 aliphatic heterocycles. The van der Waals surface area contributed by atoms with Gasteiger partial charge in [-0.25, -0.2) is 4.98 Å². The van der Waals surface area contributed by atoms with Crippen molar-refractivity contribution in [1.82, 2.24) is 14.9 Å². The van der Waals surface area contributed by atoms with Crippen molar-refractivity contribution in [1.29, 1.82) is 0 Å². The number of carbonyl (C=O) groups excluding carboxylic acids is 1. The summed E-state index contributed by atoms with van der Waals surface area (Å²) in [4.78, 5) is 16.7. The average molecular weight is 390 g/mol. The number of hydrogen-bond acceptors (Lipinski definition) is 3. The van der Waals surface area contributed by atoms with E-state index in [9.17, 15) is 4.79 Å². The number of amides is 1. The lowest BCUT2D eigenvalue weighted by Gasteiger charge is -2.12. The number of ether oxygens (including phenoxy) is 1. The smallest absolute Gasteiger partial charge is 0.251 e. The van der Waals surface area contributed by atoms with Crippen LogP contribution >= 0.6 is 23.2 Å². The summed E-state index contributed by atoms with van der Waals surface area (Å²) in [6.45, 7) is 2.23. The molecule has 0 radical (unpaired) electrons. The van der Waals surface area contributed by atoms with Gasteiger partial charge < -0.3 is 14.6 Å². The third-order valence-electron chi connectivity index (χ3n) is 3.81. The summed E-state index contributed by atoms with van der Waals surface area (Å²) in [5.41, 5.74) is 3.03. The van der Waals surface area contributed by atoms with Crippen LogP contribution in [0.3, 0.4) is 0 Å². The number of nitrogens with one attached hydrogen (secondary N) is 1. The topological polar surface area (TPSA) is 56.1 Å². The van der Waals surface area contributed by atoms with Crippen LogP contribution in [-0.4, -0.2) is 22.6 Å². The molecule has 26 heavy (non-hydrogen) atoms. The summed E-state index contributed by atoms with van der Waals surface area (Å²) in [6.07, 6.45) is 3.59. The standard InChI is InChI=1S/C19H17Cl2N3O2/c1-12-10-24(11-23-12)17-4-3-14(7-18(17)26-2)19(25)22-9-13-5-15(20)8-16(21)6-13/h3-8,10-11H,9H2,1-2H3,(H,22,25). The van der Waals surface area contributed by atoms with E-state index in [0.29, 0.717) is 27.9 Å². The molecule has 0 saturated carbocycles. The SMILES string of the molecule is COc1cc(C(=O)NCc2cc(Cl)cc(Cl)c2)ccc1-n1cnc(C)c1. The third-order valence-corrected chi connectivity index (χ3v) is 4.24. The maximum atomic E-state index is 12.5. The predicted molar refractivity (Wildman–Crippen MR) is 102 cm³/mol. The van der Waals surface area contributed by atoms with Gasteiger partial charge in [0.1, 0.15) is 5.75 Å². The van der Waals surface area contributed by atoms with Crippen LogP contribution in [0.15, 0.2) is 48.9 Å². The fourth-order valence-corrected chi connectivity index (χ4v) is 3.15. The fourth-order valence-electron chi connectivity index (χ4n) is 2.58. The number of carbonyl (C=O) groups is 1. The van der Waals surface area contributed by atoms with Crippen molar-refractivity contribution in [3.05, 3.63) is 75.8 Å². The molecular formula is C19H17Cl2N3O2. The Morgan fingerprint density at radius 2 is 1.92 bits per heavy atom. The number of benzene rings is 2. The Labute approximate surface area is 161 Å². The molecule has 0 saturated heterocycles. The maximum Gasteiger partial charge on any atom is 0.251 e. The van der Waals surface area contributed by atoms with Gasteiger partial charge in [-0.05, 0) is 48.9 Å². The van der Waals surface area contributed by atoms with E-state index in [4.69, 9.17) is 27.9 Å². The van der Waals surface area contributed by atoms with Crippen molar-refractivity contribution >= 4 is 29.1 Å². The lowest BCUT2D eigenvalue weighted by atomic mass is 10.1. The second-order valence-corrected chi connectivity index (χ2v) is 6.64. The highest BCUT2D eigenvalue weighted by molar-refractivity contribution is 6.34. The lowest BCUT2D eigenvalue weighted by Crippen LogP contribution is -2.22. The Morgan fingerprint density at radius 3 is 2.54 bits per heavy atom. The van der Waals surface area contributed by atoms with Gasteiger partial charge in [-0.2, -0.15) is 0 Å². The van der Waals surface area contributed by atoms with Crippen LogP contribution < -0.4 is 10.1 Å². The monoisotopic (exact) mass is 389 g/mol. The van der Waals surface area contributed by atoms with Crippen LogP contribution in [-0.2, 0) is 6.54 Å². The largest absolute Gasteiger partial charge is 0.495 e. The van der Waals surface area contributed by atoms with Crippen LogP contribution in [0, 0.1) is 6.92 Å². The molecule has 7 heteroatoms. The first-order valence-electron chi connectivity index (χ1n) is 7.88. The number of imidazole rings is 1.